The highest BCUT2D eigenvalue weighted by molar-refractivity contribution is 5.67. The number of hydrogen-bond donors (Lipinski definition) is 1. The van der Waals surface area contributed by atoms with Crippen LogP contribution in [0.15, 0.2) is 66.7 Å². The SMILES string of the molecule is O=C(O)CCc1cc(F)c(OCc2ccccc2-c2ccccc2)c(F)c1. The summed E-state index contributed by atoms with van der Waals surface area (Å²) in [6, 6.07) is 19.4. The van der Waals surface area contributed by atoms with Crippen LogP contribution in [0.4, 0.5) is 8.78 Å². The molecule has 3 rings (SSSR count). The average molecular weight is 368 g/mol. The van der Waals surface area contributed by atoms with Crippen LogP contribution in [0.2, 0.25) is 0 Å². The molecule has 0 aliphatic rings. The van der Waals surface area contributed by atoms with Gasteiger partial charge in [0.05, 0.1) is 0 Å². The molecule has 0 aromatic heterocycles. The van der Waals surface area contributed by atoms with Crippen molar-refractivity contribution in [2.45, 2.75) is 19.4 Å². The summed E-state index contributed by atoms with van der Waals surface area (Å²) in [5.41, 5.74) is 3.00. The summed E-state index contributed by atoms with van der Waals surface area (Å²) in [5, 5.41) is 8.69. The smallest absolute Gasteiger partial charge is 0.303 e. The van der Waals surface area contributed by atoms with Gasteiger partial charge in [-0.2, -0.15) is 0 Å². The number of ether oxygens (including phenoxy) is 1. The van der Waals surface area contributed by atoms with Crippen molar-refractivity contribution in [3.63, 3.8) is 0 Å². The van der Waals surface area contributed by atoms with Gasteiger partial charge in [0, 0.05) is 6.42 Å². The fraction of sp³-hybridized carbons (Fsp3) is 0.136. The van der Waals surface area contributed by atoms with E-state index in [-0.39, 0.29) is 25.0 Å². The maximum Gasteiger partial charge on any atom is 0.303 e. The minimum absolute atomic E-state index is 0.00732. The zero-order valence-electron chi connectivity index (χ0n) is 14.5. The summed E-state index contributed by atoms with van der Waals surface area (Å²) in [4.78, 5) is 10.6. The molecule has 27 heavy (non-hydrogen) atoms. The highest BCUT2D eigenvalue weighted by Gasteiger charge is 2.14. The van der Waals surface area contributed by atoms with Crippen LogP contribution in [0.3, 0.4) is 0 Å². The molecule has 0 aliphatic carbocycles. The van der Waals surface area contributed by atoms with Crippen molar-refractivity contribution in [1.29, 1.82) is 0 Å². The standard InChI is InChI=1S/C22H18F2O3/c23-19-12-15(10-11-21(25)26)13-20(24)22(19)27-14-17-8-4-5-9-18(17)16-6-2-1-3-7-16/h1-9,12-13H,10-11,14H2,(H,25,26). The maximum absolute atomic E-state index is 14.2. The molecule has 0 aliphatic heterocycles. The van der Waals surface area contributed by atoms with Crippen molar-refractivity contribution in [3.8, 4) is 16.9 Å². The molecule has 0 unspecified atom stereocenters. The quantitative estimate of drug-likeness (QED) is 0.621. The summed E-state index contributed by atoms with van der Waals surface area (Å²) < 4.78 is 33.9. The summed E-state index contributed by atoms with van der Waals surface area (Å²) in [6.45, 7) is 0.00732. The molecule has 0 fully saturated rings. The number of benzene rings is 3. The highest BCUT2D eigenvalue weighted by Crippen LogP contribution is 2.28. The number of halogens is 2. The van der Waals surface area contributed by atoms with E-state index in [0.29, 0.717) is 0 Å². The predicted molar refractivity (Wildman–Crippen MR) is 98.5 cm³/mol. The monoisotopic (exact) mass is 368 g/mol. The number of carboxylic acid groups (broad SMARTS) is 1. The van der Waals surface area contributed by atoms with Gasteiger partial charge in [0.2, 0.25) is 0 Å². The Morgan fingerprint density at radius 2 is 1.56 bits per heavy atom. The fourth-order valence-corrected chi connectivity index (χ4v) is 2.84. The molecule has 0 spiro atoms. The van der Waals surface area contributed by atoms with E-state index in [9.17, 15) is 13.6 Å². The van der Waals surface area contributed by atoms with Crippen molar-refractivity contribution >= 4 is 5.97 Å². The Kier molecular flexibility index (Phi) is 5.81. The second-order valence-corrected chi connectivity index (χ2v) is 6.09. The lowest BCUT2D eigenvalue weighted by atomic mass is 10.0. The number of aliphatic carboxylic acids is 1. The van der Waals surface area contributed by atoms with Crippen LogP contribution >= 0.6 is 0 Å². The Morgan fingerprint density at radius 3 is 2.22 bits per heavy atom. The van der Waals surface area contributed by atoms with Crippen LogP contribution in [-0.2, 0) is 17.8 Å². The lowest BCUT2D eigenvalue weighted by Crippen LogP contribution is -2.03. The summed E-state index contributed by atoms with van der Waals surface area (Å²) in [6.07, 6.45) is -0.135. The molecule has 3 nitrogen and oxygen atoms in total. The second kappa shape index (κ2) is 8.45. The third-order valence-corrected chi connectivity index (χ3v) is 4.16. The summed E-state index contributed by atoms with van der Waals surface area (Å²) >= 11 is 0. The number of carbonyl (C=O) groups is 1. The zero-order valence-corrected chi connectivity index (χ0v) is 14.5. The van der Waals surface area contributed by atoms with E-state index in [2.05, 4.69) is 0 Å². The van der Waals surface area contributed by atoms with Gasteiger partial charge in [-0.05, 0) is 40.8 Å². The van der Waals surface area contributed by atoms with Crippen LogP contribution in [0.5, 0.6) is 5.75 Å². The maximum atomic E-state index is 14.2. The Labute approximate surface area is 155 Å². The molecule has 1 N–H and O–H groups in total. The van der Waals surface area contributed by atoms with Crippen molar-refractivity contribution in [2.75, 3.05) is 0 Å². The van der Waals surface area contributed by atoms with Crippen LogP contribution < -0.4 is 4.74 Å². The third-order valence-electron chi connectivity index (χ3n) is 4.16. The van der Waals surface area contributed by atoms with Crippen LogP contribution in [0, 0.1) is 11.6 Å². The Bertz CT molecular complexity index is 916. The van der Waals surface area contributed by atoms with Gasteiger partial charge in [-0.25, -0.2) is 8.78 Å². The lowest BCUT2D eigenvalue weighted by molar-refractivity contribution is -0.136. The molecular weight excluding hydrogens is 350 g/mol. The molecule has 5 heteroatoms. The van der Waals surface area contributed by atoms with Gasteiger partial charge in [-0.3, -0.25) is 4.79 Å². The molecular formula is C22H18F2O3. The van der Waals surface area contributed by atoms with Gasteiger partial charge in [-0.15, -0.1) is 0 Å². The first-order chi connectivity index (χ1) is 13.0. The molecule has 0 atom stereocenters. The van der Waals surface area contributed by atoms with E-state index < -0.39 is 23.4 Å². The number of rotatable bonds is 7. The number of carboxylic acids is 1. The van der Waals surface area contributed by atoms with E-state index in [1.54, 1.807) is 0 Å². The minimum atomic E-state index is -1.02. The van der Waals surface area contributed by atoms with Crippen molar-refractivity contribution < 1.29 is 23.4 Å². The highest BCUT2D eigenvalue weighted by atomic mass is 19.1. The van der Waals surface area contributed by atoms with Crippen LogP contribution in [0.25, 0.3) is 11.1 Å². The van der Waals surface area contributed by atoms with Gasteiger partial charge < -0.3 is 9.84 Å². The van der Waals surface area contributed by atoms with E-state index in [1.165, 1.54) is 0 Å². The molecule has 0 saturated carbocycles. The van der Waals surface area contributed by atoms with E-state index in [0.717, 1.165) is 28.8 Å². The minimum Gasteiger partial charge on any atom is -0.483 e. The largest absolute Gasteiger partial charge is 0.483 e. The average Bonchev–Trinajstić information content (AvgIpc) is 2.67. The number of hydrogen-bond acceptors (Lipinski definition) is 2. The molecule has 0 saturated heterocycles. The molecule has 3 aromatic rings. The first kappa shape index (κ1) is 18.6. The summed E-state index contributed by atoms with van der Waals surface area (Å²) in [7, 11) is 0. The molecule has 0 bridgehead atoms. The summed E-state index contributed by atoms with van der Waals surface area (Å²) in [5.74, 6) is -3.16. The Balaban J connectivity index is 1.79. The van der Waals surface area contributed by atoms with Gasteiger partial charge in [0.15, 0.2) is 17.4 Å². The predicted octanol–water partition coefficient (Wildman–Crippen LogP) is 5.23. The third kappa shape index (κ3) is 4.70. The van der Waals surface area contributed by atoms with Crippen LogP contribution in [0.1, 0.15) is 17.5 Å². The molecule has 0 radical (unpaired) electrons. The van der Waals surface area contributed by atoms with E-state index in [1.807, 2.05) is 54.6 Å². The Morgan fingerprint density at radius 1 is 0.926 bits per heavy atom. The normalized spacial score (nSPS) is 10.6. The topological polar surface area (TPSA) is 46.5 Å². The van der Waals surface area contributed by atoms with Gasteiger partial charge >= 0.3 is 5.97 Å². The van der Waals surface area contributed by atoms with Crippen molar-refractivity contribution in [1.82, 2.24) is 0 Å². The first-order valence-corrected chi connectivity index (χ1v) is 8.50. The fourth-order valence-electron chi connectivity index (χ4n) is 2.84. The molecule has 138 valence electrons. The van der Waals surface area contributed by atoms with Gasteiger partial charge in [-0.1, -0.05) is 54.6 Å². The van der Waals surface area contributed by atoms with E-state index >= 15 is 0 Å². The molecule has 3 aromatic carbocycles. The number of aryl methyl sites for hydroxylation is 1. The molecule has 0 amide bonds. The first-order valence-electron chi connectivity index (χ1n) is 8.50. The van der Waals surface area contributed by atoms with Gasteiger partial charge in [0.25, 0.3) is 0 Å². The van der Waals surface area contributed by atoms with E-state index in [4.69, 9.17) is 9.84 Å². The zero-order chi connectivity index (χ0) is 19.2. The Hall–Kier alpha value is -3.21. The van der Waals surface area contributed by atoms with Crippen LogP contribution in [-0.4, -0.2) is 11.1 Å². The lowest BCUT2D eigenvalue weighted by Gasteiger charge is -2.13. The van der Waals surface area contributed by atoms with Crippen molar-refractivity contribution in [3.05, 3.63) is 89.5 Å². The molecule has 0 heterocycles. The van der Waals surface area contributed by atoms with Crippen molar-refractivity contribution in [2.24, 2.45) is 0 Å². The second-order valence-electron chi connectivity index (χ2n) is 6.09. The van der Waals surface area contributed by atoms with Gasteiger partial charge in [0.1, 0.15) is 6.61 Å².